The van der Waals surface area contributed by atoms with Gasteiger partial charge in [-0.3, -0.25) is 14.5 Å². The van der Waals surface area contributed by atoms with Gasteiger partial charge >= 0.3 is 0 Å². The summed E-state index contributed by atoms with van der Waals surface area (Å²) in [6.07, 6.45) is 4.57. The lowest BCUT2D eigenvalue weighted by Crippen LogP contribution is -2.59. The Balaban J connectivity index is 1.61. The fourth-order valence-electron chi connectivity index (χ4n) is 4.68. The molecule has 2 aliphatic heterocycles. The smallest absolute Gasteiger partial charge is 0.245 e. The molecule has 2 saturated heterocycles. The standard InChI is InChI=1S/C20H35N3O3/c1-15-5-4-6-17(16(15)2)21-19(25)20(3)8-7-18(24)23(20)10-9-22-11-13-26-14-12-22/h15-17H,4-14H2,1-3H3,(H,21,25). The van der Waals surface area contributed by atoms with E-state index in [1.54, 1.807) is 0 Å². The molecule has 148 valence electrons. The second-order valence-corrected chi connectivity index (χ2v) is 8.62. The van der Waals surface area contributed by atoms with E-state index < -0.39 is 5.54 Å². The van der Waals surface area contributed by atoms with Gasteiger partial charge in [0.2, 0.25) is 11.8 Å². The third-order valence-electron chi connectivity index (χ3n) is 6.98. The molecular formula is C20H35N3O3. The van der Waals surface area contributed by atoms with Crippen LogP contribution in [0.1, 0.15) is 52.9 Å². The fourth-order valence-corrected chi connectivity index (χ4v) is 4.68. The highest BCUT2D eigenvalue weighted by Gasteiger charge is 2.48. The van der Waals surface area contributed by atoms with Crippen LogP contribution in [0.3, 0.4) is 0 Å². The van der Waals surface area contributed by atoms with Crippen molar-refractivity contribution in [3.05, 3.63) is 0 Å². The zero-order valence-electron chi connectivity index (χ0n) is 16.6. The van der Waals surface area contributed by atoms with Gasteiger partial charge in [0.15, 0.2) is 0 Å². The second-order valence-electron chi connectivity index (χ2n) is 8.62. The molecule has 4 unspecified atom stereocenters. The quantitative estimate of drug-likeness (QED) is 0.805. The first kappa shape index (κ1) is 19.6. The summed E-state index contributed by atoms with van der Waals surface area (Å²) in [5.74, 6) is 1.29. The topological polar surface area (TPSA) is 61.9 Å². The lowest BCUT2D eigenvalue weighted by Gasteiger charge is -2.40. The van der Waals surface area contributed by atoms with Gasteiger partial charge in [-0.05, 0) is 31.6 Å². The van der Waals surface area contributed by atoms with Gasteiger partial charge in [0.25, 0.3) is 0 Å². The van der Waals surface area contributed by atoms with Crippen LogP contribution >= 0.6 is 0 Å². The van der Waals surface area contributed by atoms with Crippen LogP contribution in [0, 0.1) is 11.8 Å². The molecule has 0 aromatic heterocycles. The molecule has 4 atom stereocenters. The van der Waals surface area contributed by atoms with Crippen molar-refractivity contribution in [2.45, 2.75) is 64.5 Å². The van der Waals surface area contributed by atoms with E-state index in [1.807, 2.05) is 11.8 Å². The molecule has 0 aromatic rings. The lowest BCUT2D eigenvalue weighted by molar-refractivity contribution is -0.141. The second kappa shape index (κ2) is 8.26. The molecular weight excluding hydrogens is 330 g/mol. The van der Waals surface area contributed by atoms with E-state index in [0.717, 1.165) is 39.3 Å². The maximum Gasteiger partial charge on any atom is 0.245 e. The summed E-state index contributed by atoms with van der Waals surface area (Å²) in [6, 6.07) is 0.236. The molecule has 2 heterocycles. The van der Waals surface area contributed by atoms with Crippen LogP contribution in [0.4, 0.5) is 0 Å². The van der Waals surface area contributed by atoms with Gasteiger partial charge in [-0.1, -0.05) is 26.7 Å². The van der Waals surface area contributed by atoms with Crippen LogP contribution in [-0.4, -0.2) is 72.6 Å². The molecule has 6 heteroatoms. The van der Waals surface area contributed by atoms with Gasteiger partial charge in [0, 0.05) is 38.6 Å². The first-order chi connectivity index (χ1) is 12.4. The van der Waals surface area contributed by atoms with Crippen LogP contribution < -0.4 is 5.32 Å². The minimum atomic E-state index is -0.705. The Morgan fingerprint density at radius 2 is 1.96 bits per heavy atom. The van der Waals surface area contributed by atoms with E-state index >= 15 is 0 Å². The third kappa shape index (κ3) is 4.06. The molecule has 0 radical (unpaired) electrons. The minimum absolute atomic E-state index is 0.0382. The predicted molar refractivity (Wildman–Crippen MR) is 101 cm³/mol. The number of hydrogen-bond donors (Lipinski definition) is 1. The number of nitrogens with zero attached hydrogens (tertiary/aromatic N) is 2. The van der Waals surface area contributed by atoms with Crippen LogP contribution in [0.25, 0.3) is 0 Å². The number of rotatable bonds is 5. The number of amides is 2. The molecule has 2 amide bonds. The molecule has 26 heavy (non-hydrogen) atoms. The Hall–Kier alpha value is -1.14. The van der Waals surface area contributed by atoms with Crippen molar-refractivity contribution in [1.82, 2.24) is 15.1 Å². The Labute approximate surface area is 157 Å². The van der Waals surface area contributed by atoms with Crippen LogP contribution in [0.5, 0.6) is 0 Å². The van der Waals surface area contributed by atoms with Gasteiger partial charge in [0.05, 0.1) is 13.2 Å². The van der Waals surface area contributed by atoms with E-state index in [4.69, 9.17) is 4.74 Å². The number of hydrogen-bond acceptors (Lipinski definition) is 4. The molecule has 0 bridgehead atoms. The van der Waals surface area contributed by atoms with Crippen LogP contribution in [-0.2, 0) is 14.3 Å². The van der Waals surface area contributed by atoms with Gasteiger partial charge < -0.3 is 15.0 Å². The first-order valence-electron chi connectivity index (χ1n) is 10.3. The molecule has 0 aromatic carbocycles. The van der Waals surface area contributed by atoms with Crippen molar-refractivity contribution < 1.29 is 14.3 Å². The average Bonchev–Trinajstić information content (AvgIpc) is 2.93. The minimum Gasteiger partial charge on any atom is -0.379 e. The molecule has 1 saturated carbocycles. The lowest BCUT2D eigenvalue weighted by atomic mass is 9.77. The number of nitrogens with one attached hydrogen (secondary N) is 1. The maximum atomic E-state index is 13.2. The number of carbonyl (C=O) groups is 2. The van der Waals surface area contributed by atoms with Crippen LogP contribution in [0.2, 0.25) is 0 Å². The van der Waals surface area contributed by atoms with E-state index in [2.05, 4.69) is 24.1 Å². The predicted octanol–water partition coefficient (Wildman–Crippen LogP) is 1.64. The molecule has 1 aliphatic carbocycles. The van der Waals surface area contributed by atoms with Gasteiger partial charge in [0.1, 0.15) is 5.54 Å². The van der Waals surface area contributed by atoms with E-state index in [1.165, 1.54) is 12.8 Å². The van der Waals surface area contributed by atoms with E-state index in [0.29, 0.717) is 31.2 Å². The summed E-state index contributed by atoms with van der Waals surface area (Å²) in [5, 5.41) is 3.30. The van der Waals surface area contributed by atoms with Crippen molar-refractivity contribution in [3.63, 3.8) is 0 Å². The summed E-state index contributed by atoms with van der Waals surface area (Å²) in [5.41, 5.74) is -0.705. The van der Waals surface area contributed by atoms with Crippen molar-refractivity contribution >= 4 is 11.8 Å². The summed E-state index contributed by atoms with van der Waals surface area (Å²) in [7, 11) is 0. The SMILES string of the molecule is CC1CCCC(NC(=O)C2(C)CCC(=O)N2CCN2CCOCC2)C1C. The molecule has 3 fully saturated rings. The number of likely N-dealkylation sites (tertiary alicyclic amines) is 1. The summed E-state index contributed by atoms with van der Waals surface area (Å²) < 4.78 is 5.39. The Morgan fingerprint density at radius 1 is 1.23 bits per heavy atom. The monoisotopic (exact) mass is 365 g/mol. The number of morpholine rings is 1. The molecule has 3 rings (SSSR count). The zero-order chi connectivity index (χ0) is 18.7. The van der Waals surface area contributed by atoms with Crippen molar-refractivity contribution in [1.29, 1.82) is 0 Å². The Morgan fingerprint density at radius 3 is 2.69 bits per heavy atom. The zero-order valence-corrected chi connectivity index (χ0v) is 16.6. The number of ether oxygens (including phenoxy) is 1. The molecule has 1 N–H and O–H groups in total. The highest BCUT2D eigenvalue weighted by Crippen LogP contribution is 2.33. The van der Waals surface area contributed by atoms with Crippen molar-refractivity contribution in [2.24, 2.45) is 11.8 Å². The molecule has 6 nitrogen and oxygen atoms in total. The summed E-state index contributed by atoms with van der Waals surface area (Å²) in [6.45, 7) is 11.2. The Kier molecular flexibility index (Phi) is 6.23. The maximum absolute atomic E-state index is 13.2. The van der Waals surface area contributed by atoms with Gasteiger partial charge in [-0.15, -0.1) is 0 Å². The third-order valence-corrected chi connectivity index (χ3v) is 6.98. The van der Waals surface area contributed by atoms with E-state index in [-0.39, 0.29) is 17.9 Å². The average molecular weight is 366 g/mol. The normalized spacial score (nSPS) is 36.3. The fraction of sp³-hybridized carbons (Fsp3) is 0.900. The van der Waals surface area contributed by atoms with Gasteiger partial charge in [-0.25, -0.2) is 0 Å². The number of carbonyl (C=O) groups excluding carboxylic acids is 2. The van der Waals surface area contributed by atoms with E-state index in [9.17, 15) is 9.59 Å². The molecule has 0 spiro atoms. The molecule has 3 aliphatic rings. The van der Waals surface area contributed by atoms with Crippen molar-refractivity contribution in [2.75, 3.05) is 39.4 Å². The summed E-state index contributed by atoms with van der Waals surface area (Å²) in [4.78, 5) is 29.8. The van der Waals surface area contributed by atoms with Crippen molar-refractivity contribution in [3.8, 4) is 0 Å². The van der Waals surface area contributed by atoms with Gasteiger partial charge in [-0.2, -0.15) is 0 Å². The largest absolute Gasteiger partial charge is 0.379 e. The highest BCUT2D eigenvalue weighted by atomic mass is 16.5. The Bertz CT molecular complexity index is 520. The van der Waals surface area contributed by atoms with Crippen LogP contribution in [0.15, 0.2) is 0 Å². The highest BCUT2D eigenvalue weighted by molar-refractivity contribution is 5.94. The summed E-state index contributed by atoms with van der Waals surface area (Å²) >= 11 is 0. The first-order valence-corrected chi connectivity index (χ1v) is 10.3.